The molecule has 66 valence electrons. The van der Waals surface area contributed by atoms with Gasteiger partial charge in [-0.2, -0.15) is 0 Å². The molecule has 1 heterocycles. The fourth-order valence-corrected chi connectivity index (χ4v) is 1.82. The first-order valence-electron chi connectivity index (χ1n) is 4.14. The summed E-state index contributed by atoms with van der Waals surface area (Å²) >= 11 is 0. The van der Waals surface area contributed by atoms with Crippen LogP contribution in [-0.2, 0) is 6.16 Å². The van der Waals surface area contributed by atoms with Crippen LogP contribution in [0, 0.1) is 0 Å². The van der Waals surface area contributed by atoms with Gasteiger partial charge in [0.15, 0.2) is 0 Å². The van der Waals surface area contributed by atoms with Gasteiger partial charge < -0.3 is 0 Å². The normalized spacial score (nSPS) is 10.6. The highest BCUT2D eigenvalue weighted by molar-refractivity contribution is 7.27. The molecule has 0 saturated heterocycles. The van der Waals surface area contributed by atoms with E-state index < -0.39 is 0 Å². The molecular formula is C10H11NP2. The van der Waals surface area contributed by atoms with Crippen molar-refractivity contribution in [2.45, 2.75) is 6.16 Å². The highest BCUT2D eigenvalue weighted by Crippen LogP contribution is 2.14. The van der Waals surface area contributed by atoms with Crippen molar-refractivity contribution in [3.05, 3.63) is 36.2 Å². The van der Waals surface area contributed by atoms with Crippen molar-refractivity contribution in [3.8, 4) is 0 Å². The molecule has 2 rings (SSSR count). The highest BCUT2D eigenvalue weighted by Gasteiger charge is 1.96. The van der Waals surface area contributed by atoms with E-state index in [2.05, 4.69) is 47.7 Å². The van der Waals surface area contributed by atoms with Crippen molar-refractivity contribution in [3.63, 3.8) is 0 Å². The van der Waals surface area contributed by atoms with Crippen molar-refractivity contribution in [1.29, 1.82) is 0 Å². The zero-order chi connectivity index (χ0) is 9.26. The molecule has 0 aliphatic carbocycles. The molecule has 0 N–H and O–H groups in total. The third-order valence-corrected chi connectivity index (χ3v) is 2.79. The lowest BCUT2D eigenvalue weighted by Crippen LogP contribution is -1.90. The summed E-state index contributed by atoms with van der Waals surface area (Å²) in [4.78, 5) is 4.34. The predicted octanol–water partition coefficient (Wildman–Crippen LogP) is 2.11. The molecule has 2 atom stereocenters. The Morgan fingerprint density at radius 2 is 2.00 bits per heavy atom. The van der Waals surface area contributed by atoms with Crippen LogP contribution in [0.1, 0.15) is 5.69 Å². The van der Waals surface area contributed by atoms with Crippen LogP contribution >= 0.6 is 18.5 Å². The molecule has 1 aromatic heterocycles. The van der Waals surface area contributed by atoms with Crippen LogP contribution in [0.4, 0.5) is 0 Å². The Bertz CT molecular complexity index is 440. The van der Waals surface area contributed by atoms with Gasteiger partial charge in [-0.15, -0.1) is 18.5 Å². The maximum Gasteiger partial charge on any atom is 0.0447 e. The summed E-state index contributed by atoms with van der Waals surface area (Å²) in [5, 5.41) is 3.67. The Labute approximate surface area is 82.4 Å². The zero-order valence-electron chi connectivity index (χ0n) is 7.20. The molecule has 0 aliphatic heterocycles. The molecule has 1 nitrogen and oxygen atoms in total. The molecular weight excluding hydrogens is 196 g/mol. The van der Waals surface area contributed by atoms with E-state index in [-0.39, 0.29) is 0 Å². The summed E-state index contributed by atoms with van der Waals surface area (Å²) in [6, 6.07) is 8.48. The minimum Gasteiger partial charge on any atom is -0.260 e. The molecule has 0 saturated carbocycles. The Hall–Kier alpha value is -0.510. The average molecular weight is 207 g/mol. The second kappa shape index (κ2) is 3.70. The van der Waals surface area contributed by atoms with E-state index in [0.717, 1.165) is 11.9 Å². The van der Waals surface area contributed by atoms with Crippen molar-refractivity contribution >= 4 is 34.6 Å². The van der Waals surface area contributed by atoms with Crippen molar-refractivity contribution in [1.82, 2.24) is 4.98 Å². The standard InChI is InChI=1S/C10H11NP2/c12-6-9-3-7-1-2-10(13)4-8(7)5-11-9/h1-5H,6,12-13H2. The van der Waals surface area contributed by atoms with Crippen LogP contribution in [0.5, 0.6) is 0 Å². The summed E-state index contributed by atoms with van der Waals surface area (Å²) in [6.07, 6.45) is 2.85. The lowest BCUT2D eigenvalue weighted by Gasteiger charge is -2.00. The van der Waals surface area contributed by atoms with Crippen LogP contribution in [0.3, 0.4) is 0 Å². The fraction of sp³-hybridized carbons (Fsp3) is 0.100. The molecule has 2 unspecified atom stereocenters. The summed E-state index contributed by atoms with van der Waals surface area (Å²) < 4.78 is 0. The van der Waals surface area contributed by atoms with Crippen LogP contribution in [0.2, 0.25) is 0 Å². The van der Waals surface area contributed by atoms with Gasteiger partial charge >= 0.3 is 0 Å². The van der Waals surface area contributed by atoms with E-state index in [4.69, 9.17) is 0 Å². The van der Waals surface area contributed by atoms with Crippen molar-refractivity contribution in [2.75, 3.05) is 0 Å². The number of hydrogen-bond acceptors (Lipinski definition) is 1. The Morgan fingerprint density at radius 3 is 2.77 bits per heavy atom. The first-order chi connectivity index (χ1) is 6.29. The van der Waals surface area contributed by atoms with Gasteiger partial charge in [-0.25, -0.2) is 0 Å². The fourth-order valence-electron chi connectivity index (χ4n) is 1.32. The number of hydrogen-bond donors (Lipinski definition) is 0. The molecule has 0 bridgehead atoms. The molecule has 13 heavy (non-hydrogen) atoms. The number of fused-ring (bicyclic) bond motifs is 1. The second-order valence-electron chi connectivity index (χ2n) is 2.99. The largest absolute Gasteiger partial charge is 0.260 e. The maximum absolute atomic E-state index is 4.34. The summed E-state index contributed by atoms with van der Waals surface area (Å²) in [5.74, 6) is 0. The van der Waals surface area contributed by atoms with Gasteiger partial charge in [-0.3, -0.25) is 4.98 Å². The van der Waals surface area contributed by atoms with E-state index in [1.165, 1.54) is 16.1 Å². The molecule has 0 spiro atoms. The van der Waals surface area contributed by atoms with Crippen LogP contribution in [-0.4, -0.2) is 4.98 Å². The Kier molecular flexibility index (Phi) is 2.58. The Balaban J connectivity index is 2.66. The summed E-state index contributed by atoms with van der Waals surface area (Å²) in [5.41, 5.74) is 1.12. The van der Waals surface area contributed by atoms with E-state index in [1.54, 1.807) is 0 Å². The van der Waals surface area contributed by atoms with E-state index >= 15 is 0 Å². The highest BCUT2D eigenvalue weighted by atomic mass is 31.0. The van der Waals surface area contributed by atoms with Gasteiger partial charge in [0.2, 0.25) is 0 Å². The predicted molar refractivity (Wildman–Crippen MR) is 64.5 cm³/mol. The average Bonchev–Trinajstić information content (AvgIpc) is 2.17. The first-order valence-corrected chi connectivity index (χ1v) is 5.53. The van der Waals surface area contributed by atoms with Crippen molar-refractivity contribution in [2.24, 2.45) is 0 Å². The van der Waals surface area contributed by atoms with Crippen LogP contribution in [0.25, 0.3) is 10.8 Å². The van der Waals surface area contributed by atoms with E-state index in [0.29, 0.717) is 0 Å². The number of benzene rings is 1. The maximum atomic E-state index is 4.34. The molecule has 0 aliphatic rings. The molecule has 0 fully saturated rings. The van der Waals surface area contributed by atoms with Crippen LogP contribution < -0.4 is 5.30 Å². The molecule has 0 radical (unpaired) electrons. The number of nitrogens with zero attached hydrogens (tertiary/aromatic N) is 1. The van der Waals surface area contributed by atoms with Gasteiger partial charge in [0, 0.05) is 23.4 Å². The lowest BCUT2D eigenvalue weighted by atomic mass is 10.1. The molecule has 1 aromatic carbocycles. The lowest BCUT2D eigenvalue weighted by molar-refractivity contribution is 1.20. The number of aromatic nitrogens is 1. The smallest absolute Gasteiger partial charge is 0.0447 e. The molecule has 3 heteroatoms. The van der Waals surface area contributed by atoms with Crippen molar-refractivity contribution < 1.29 is 0 Å². The van der Waals surface area contributed by atoms with Crippen LogP contribution in [0.15, 0.2) is 30.5 Å². The van der Waals surface area contributed by atoms with E-state index in [1.807, 2.05) is 6.20 Å². The SMILES string of the molecule is PCc1cc2ccc(P)cc2cn1. The molecule has 0 amide bonds. The summed E-state index contributed by atoms with van der Waals surface area (Å²) in [7, 11) is 5.38. The minimum absolute atomic E-state index is 0.915. The zero-order valence-corrected chi connectivity index (χ0v) is 9.51. The third kappa shape index (κ3) is 1.88. The third-order valence-electron chi connectivity index (χ3n) is 2.01. The van der Waals surface area contributed by atoms with Gasteiger partial charge in [0.1, 0.15) is 0 Å². The topological polar surface area (TPSA) is 12.9 Å². The minimum atomic E-state index is 0.915. The first kappa shape index (κ1) is 9.06. The van der Waals surface area contributed by atoms with Gasteiger partial charge in [0.25, 0.3) is 0 Å². The monoisotopic (exact) mass is 207 g/mol. The van der Waals surface area contributed by atoms with E-state index in [9.17, 15) is 0 Å². The second-order valence-corrected chi connectivity index (χ2v) is 4.06. The molecule has 2 aromatic rings. The quantitative estimate of drug-likeness (QED) is 0.652. The summed E-state index contributed by atoms with van der Waals surface area (Å²) in [6.45, 7) is 0. The van der Waals surface area contributed by atoms with Gasteiger partial charge in [-0.1, -0.05) is 12.1 Å². The number of rotatable bonds is 1. The Morgan fingerprint density at radius 1 is 1.15 bits per heavy atom. The van der Waals surface area contributed by atoms with Gasteiger partial charge in [0.05, 0.1) is 0 Å². The number of pyridine rings is 1. The van der Waals surface area contributed by atoms with Gasteiger partial charge in [-0.05, 0) is 22.8 Å².